The fourth-order valence-corrected chi connectivity index (χ4v) is 1.88. The number of ether oxygens (including phenoxy) is 1. The summed E-state index contributed by atoms with van der Waals surface area (Å²) in [5, 5.41) is 8.34. The van der Waals surface area contributed by atoms with Crippen molar-refractivity contribution in [3.8, 4) is 6.07 Å². The van der Waals surface area contributed by atoms with E-state index in [4.69, 9.17) is 10.00 Å². The first-order chi connectivity index (χ1) is 6.26. The van der Waals surface area contributed by atoms with Crippen molar-refractivity contribution in [1.29, 1.82) is 5.26 Å². The summed E-state index contributed by atoms with van der Waals surface area (Å²) < 4.78 is 5.22. The molecule has 0 amide bonds. The van der Waals surface area contributed by atoms with Crippen LogP contribution in [0.25, 0.3) is 0 Å². The largest absolute Gasteiger partial charge is 0.381 e. The molecule has 0 aromatic carbocycles. The average molecular weight is 181 g/mol. The van der Waals surface area contributed by atoms with Gasteiger partial charge in [0.15, 0.2) is 0 Å². The van der Waals surface area contributed by atoms with Crippen LogP contribution in [0.2, 0.25) is 0 Å². The second-order valence-corrected chi connectivity index (χ2v) is 3.62. The smallest absolute Gasteiger partial charge is 0.232 e. The van der Waals surface area contributed by atoms with E-state index in [1.165, 1.54) is 0 Å². The summed E-state index contributed by atoms with van der Waals surface area (Å²) >= 11 is 0. The highest BCUT2D eigenvalue weighted by molar-refractivity contribution is 5.93. The summed E-state index contributed by atoms with van der Waals surface area (Å²) in [5.41, 5.74) is 0. The van der Waals surface area contributed by atoms with Crippen LogP contribution in [0.15, 0.2) is 0 Å². The first-order valence-corrected chi connectivity index (χ1v) is 4.72. The predicted octanol–water partition coefficient (Wildman–Crippen LogP) is 1.67. The van der Waals surface area contributed by atoms with Crippen LogP contribution in [0.4, 0.5) is 0 Å². The van der Waals surface area contributed by atoms with Gasteiger partial charge in [0.05, 0.1) is 6.10 Å². The molecular formula is C10H15NO2. The summed E-state index contributed by atoms with van der Waals surface area (Å²) in [7, 11) is 1.73. The van der Waals surface area contributed by atoms with E-state index in [1.54, 1.807) is 13.2 Å². The first-order valence-electron chi connectivity index (χ1n) is 4.72. The van der Waals surface area contributed by atoms with E-state index in [2.05, 4.69) is 0 Å². The second-order valence-electron chi connectivity index (χ2n) is 3.62. The van der Waals surface area contributed by atoms with Crippen molar-refractivity contribution in [2.75, 3.05) is 7.11 Å². The molecule has 0 saturated heterocycles. The summed E-state index contributed by atoms with van der Waals surface area (Å²) in [6.45, 7) is 0. The van der Waals surface area contributed by atoms with E-state index in [-0.39, 0.29) is 5.78 Å². The van der Waals surface area contributed by atoms with Crippen LogP contribution in [-0.2, 0) is 9.53 Å². The van der Waals surface area contributed by atoms with Gasteiger partial charge in [0.2, 0.25) is 5.78 Å². The van der Waals surface area contributed by atoms with Crippen molar-refractivity contribution in [3.05, 3.63) is 0 Å². The van der Waals surface area contributed by atoms with E-state index < -0.39 is 0 Å². The maximum atomic E-state index is 10.8. The van der Waals surface area contributed by atoms with Crippen LogP contribution in [0.5, 0.6) is 0 Å². The molecule has 0 aromatic rings. The molecule has 0 bridgehead atoms. The molecule has 1 rings (SSSR count). The highest BCUT2D eigenvalue weighted by Gasteiger charge is 2.22. The Bertz CT molecular complexity index is 211. The highest BCUT2D eigenvalue weighted by atomic mass is 16.5. The normalized spacial score (nSPS) is 28.0. The van der Waals surface area contributed by atoms with Crippen molar-refractivity contribution < 1.29 is 9.53 Å². The van der Waals surface area contributed by atoms with Crippen LogP contribution in [-0.4, -0.2) is 19.0 Å². The Labute approximate surface area is 78.7 Å². The molecule has 1 fully saturated rings. The van der Waals surface area contributed by atoms with Gasteiger partial charge < -0.3 is 4.74 Å². The van der Waals surface area contributed by atoms with Crippen LogP contribution in [0.1, 0.15) is 32.1 Å². The molecule has 0 aromatic heterocycles. The van der Waals surface area contributed by atoms with Gasteiger partial charge in [-0.25, -0.2) is 0 Å². The van der Waals surface area contributed by atoms with Crippen molar-refractivity contribution in [2.45, 2.75) is 38.2 Å². The highest BCUT2D eigenvalue weighted by Crippen LogP contribution is 2.28. The quantitative estimate of drug-likeness (QED) is 0.622. The molecule has 0 radical (unpaired) electrons. The molecule has 1 saturated carbocycles. The van der Waals surface area contributed by atoms with Crippen molar-refractivity contribution >= 4 is 5.78 Å². The molecule has 0 atom stereocenters. The van der Waals surface area contributed by atoms with Crippen molar-refractivity contribution in [1.82, 2.24) is 0 Å². The number of carbonyl (C=O) groups excluding carboxylic acids is 1. The molecule has 1 aliphatic rings. The lowest BCUT2D eigenvalue weighted by molar-refractivity contribution is -0.115. The van der Waals surface area contributed by atoms with E-state index in [1.807, 2.05) is 0 Å². The lowest BCUT2D eigenvalue weighted by atomic mass is 9.84. The Hall–Kier alpha value is -0.880. The molecule has 0 N–H and O–H groups in total. The Morgan fingerprint density at radius 1 is 1.46 bits per heavy atom. The van der Waals surface area contributed by atoms with Crippen molar-refractivity contribution in [2.24, 2.45) is 5.92 Å². The molecule has 0 spiro atoms. The fourth-order valence-electron chi connectivity index (χ4n) is 1.88. The molecule has 13 heavy (non-hydrogen) atoms. The van der Waals surface area contributed by atoms with Crippen molar-refractivity contribution in [3.63, 3.8) is 0 Å². The third kappa shape index (κ3) is 3.16. The van der Waals surface area contributed by atoms with Gasteiger partial charge >= 0.3 is 0 Å². The van der Waals surface area contributed by atoms with Gasteiger partial charge in [0.1, 0.15) is 6.07 Å². The zero-order valence-corrected chi connectivity index (χ0v) is 7.95. The number of nitrogens with zero attached hydrogens (tertiary/aromatic N) is 1. The van der Waals surface area contributed by atoms with Crippen LogP contribution >= 0.6 is 0 Å². The van der Waals surface area contributed by atoms with Gasteiger partial charge in [-0.2, -0.15) is 5.26 Å². The molecule has 0 heterocycles. The van der Waals surface area contributed by atoms with Gasteiger partial charge in [-0.3, -0.25) is 4.79 Å². The number of Topliss-reactive ketones (excluding diaryl/α,β-unsaturated/α-hetero) is 1. The van der Waals surface area contributed by atoms with Gasteiger partial charge in [-0.1, -0.05) is 0 Å². The zero-order chi connectivity index (χ0) is 9.68. The van der Waals surface area contributed by atoms with E-state index >= 15 is 0 Å². The minimum atomic E-state index is -0.277. The van der Waals surface area contributed by atoms with E-state index in [0.29, 0.717) is 18.4 Å². The third-order valence-corrected chi connectivity index (χ3v) is 2.73. The lowest BCUT2D eigenvalue weighted by Gasteiger charge is -2.26. The lowest BCUT2D eigenvalue weighted by Crippen LogP contribution is -2.21. The number of ketones is 1. The maximum Gasteiger partial charge on any atom is 0.232 e. The molecule has 0 unspecified atom stereocenters. The zero-order valence-electron chi connectivity index (χ0n) is 7.95. The Morgan fingerprint density at radius 2 is 2.08 bits per heavy atom. The summed E-state index contributed by atoms with van der Waals surface area (Å²) in [5.74, 6) is 0.138. The molecule has 3 nitrogen and oxygen atoms in total. The van der Waals surface area contributed by atoms with Crippen LogP contribution < -0.4 is 0 Å². The predicted molar refractivity (Wildman–Crippen MR) is 48.0 cm³/mol. The molecule has 72 valence electrons. The summed E-state index contributed by atoms with van der Waals surface area (Å²) in [4.78, 5) is 10.8. The average Bonchev–Trinajstić information content (AvgIpc) is 2.19. The Balaban J connectivity index is 2.26. The minimum absolute atomic E-state index is 0.277. The molecule has 3 heteroatoms. The molecule has 1 aliphatic carbocycles. The number of hydrogen-bond donors (Lipinski definition) is 0. The number of carbonyl (C=O) groups is 1. The fraction of sp³-hybridized carbons (Fsp3) is 0.800. The Morgan fingerprint density at radius 3 is 2.54 bits per heavy atom. The Kier molecular flexibility index (Phi) is 3.91. The monoisotopic (exact) mass is 181 g/mol. The summed E-state index contributed by atoms with van der Waals surface area (Å²) in [6.07, 6.45) is 4.90. The standard InChI is InChI=1S/C10H15NO2/c1-13-10-4-2-8(3-5-10)6-9(12)7-11/h8,10H,2-6H2,1H3. The number of nitriles is 1. The minimum Gasteiger partial charge on any atom is -0.381 e. The van der Waals surface area contributed by atoms with Crippen LogP contribution in [0.3, 0.4) is 0 Å². The number of hydrogen-bond acceptors (Lipinski definition) is 3. The number of methoxy groups -OCH3 is 1. The van der Waals surface area contributed by atoms with E-state index in [0.717, 1.165) is 25.7 Å². The topological polar surface area (TPSA) is 50.1 Å². The van der Waals surface area contributed by atoms with Crippen LogP contribution in [0, 0.1) is 17.2 Å². The molecule has 0 aliphatic heterocycles. The summed E-state index contributed by atoms with van der Waals surface area (Å²) in [6, 6.07) is 1.67. The third-order valence-electron chi connectivity index (χ3n) is 2.73. The van der Waals surface area contributed by atoms with Gasteiger partial charge in [-0.05, 0) is 31.6 Å². The van der Waals surface area contributed by atoms with Gasteiger partial charge in [-0.15, -0.1) is 0 Å². The SMILES string of the molecule is COC1CCC(CC(=O)C#N)CC1. The molecular weight excluding hydrogens is 166 g/mol. The first kappa shape index (κ1) is 10.2. The van der Waals surface area contributed by atoms with Gasteiger partial charge in [0, 0.05) is 13.5 Å². The second kappa shape index (κ2) is 4.98. The van der Waals surface area contributed by atoms with Gasteiger partial charge in [0.25, 0.3) is 0 Å². The maximum absolute atomic E-state index is 10.8. The number of rotatable bonds is 3. The van der Waals surface area contributed by atoms with E-state index in [9.17, 15) is 4.79 Å².